The van der Waals surface area contributed by atoms with Crippen LogP contribution in [0.3, 0.4) is 0 Å². The number of alkyl halides is 3. The highest BCUT2D eigenvalue weighted by Gasteiger charge is 2.39. The second-order valence-electron chi connectivity index (χ2n) is 3.62. The molecule has 1 N–H and O–H groups in total. The van der Waals surface area contributed by atoms with Crippen molar-refractivity contribution in [2.75, 3.05) is 7.05 Å². The molecule has 0 saturated heterocycles. The molecule has 0 fully saturated rings. The molecule has 0 spiro atoms. The molecule has 92 valence electrons. The molecule has 1 heterocycles. The first-order valence-electron chi connectivity index (χ1n) is 5.23. The summed E-state index contributed by atoms with van der Waals surface area (Å²) < 4.78 is 39.4. The smallest absolute Gasteiger partial charge is 0.335 e. The number of aryl methyl sites for hydroxylation is 1. The summed E-state index contributed by atoms with van der Waals surface area (Å²) in [5.74, 6) is 0.471. The third-order valence-electron chi connectivity index (χ3n) is 2.40. The summed E-state index contributed by atoms with van der Waals surface area (Å²) in [4.78, 5) is 3.96. The van der Waals surface area contributed by atoms with Crippen molar-refractivity contribution in [3.8, 4) is 0 Å². The van der Waals surface area contributed by atoms with Crippen molar-refractivity contribution in [3.05, 3.63) is 18.2 Å². The molecule has 3 nitrogen and oxygen atoms in total. The zero-order valence-electron chi connectivity index (χ0n) is 9.38. The normalized spacial score (nSPS) is 14.1. The molecule has 0 aromatic carbocycles. The Morgan fingerprint density at radius 3 is 2.69 bits per heavy atom. The van der Waals surface area contributed by atoms with Crippen LogP contribution in [-0.4, -0.2) is 28.8 Å². The molecule has 0 bridgehead atoms. The van der Waals surface area contributed by atoms with Gasteiger partial charge in [0.05, 0.1) is 0 Å². The van der Waals surface area contributed by atoms with Gasteiger partial charge in [-0.25, -0.2) is 4.98 Å². The van der Waals surface area contributed by atoms with Crippen LogP contribution < -0.4 is 5.32 Å². The Hall–Kier alpha value is -1.04. The largest absolute Gasteiger partial charge is 0.404 e. The number of hydrogen-bond donors (Lipinski definition) is 1. The first-order valence-corrected chi connectivity index (χ1v) is 5.23. The van der Waals surface area contributed by atoms with Crippen LogP contribution in [0.25, 0.3) is 0 Å². The van der Waals surface area contributed by atoms with E-state index in [1.807, 2.05) is 6.92 Å². The number of nitrogens with one attached hydrogen (secondary N) is 1. The van der Waals surface area contributed by atoms with Gasteiger partial charge in [0.1, 0.15) is 11.9 Å². The first kappa shape index (κ1) is 13.0. The summed E-state index contributed by atoms with van der Waals surface area (Å²) >= 11 is 0. The van der Waals surface area contributed by atoms with Crippen LogP contribution in [0.2, 0.25) is 0 Å². The van der Waals surface area contributed by atoms with E-state index in [2.05, 4.69) is 10.3 Å². The van der Waals surface area contributed by atoms with Gasteiger partial charge in [-0.2, -0.15) is 13.2 Å². The van der Waals surface area contributed by atoms with Crippen molar-refractivity contribution >= 4 is 0 Å². The average molecular weight is 235 g/mol. The number of halogens is 3. The molecule has 1 aromatic heterocycles. The topological polar surface area (TPSA) is 29.9 Å². The SMILES string of the molecule is CCCn1ccnc1CC(NC)C(F)(F)F. The monoisotopic (exact) mass is 235 g/mol. The van der Waals surface area contributed by atoms with E-state index < -0.39 is 12.2 Å². The molecule has 0 aliphatic carbocycles. The minimum atomic E-state index is -4.24. The van der Waals surface area contributed by atoms with Crippen LogP contribution >= 0.6 is 0 Å². The van der Waals surface area contributed by atoms with Crippen LogP contribution in [0.1, 0.15) is 19.2 Å². The molecule has 0 saturated carbocycles. The molecule has 0 radical (unpaired) electrons. The molecule has 1 aromatic rings. The van der Waals surface area contributed by atoms with Crippen molar-refractivity contribution in [2.24, 2.45) is 0 Å². The summed E-state index contributed by atoms with van der Waals surface area (Å²) in [5.41, 5.74) is 0. The molecular weight excluding hydrogens is 219 g/mol. The lowest BCUT2D eigenvalue weighted by molar-refractivity contribution is -0.154. The van der Waals surface area contributed by atoms with Crippen LogP contribution in [0.5, 0.6) is 0 Å². The Morgan fingerprint density at radius 2 is 2.19 bits per heavy atom. The molecule has 1 rings (SSSR count). The summed E-state index contributed by atoms with van der Waals surface area (Å²) in [5, 5.41) is 2.27. The Bertz CT molecular complexity index is 319. The number of hydrogen-bond acceptors (Lipinski definition) is 2. The van der Waals surface area contributed by atoms with Crippen molar-refractivity contribution in [3.63, 3.8) is 0 Å². The maximum absolute atomic E-state index is 12.5. The van der Waals surface area contributed by atoms with Gasteiger partial charge >= 0.3 is 6.18 Å². The molecule has 0 amide bonds. The zero-order chi connectivity index (χ0) is 12.2. The summed E-state index contributed by atoms with van der Waals surface area (Å²) in [6, 6.07) is -1.54. The standard InChI is InChI=1S/C10H16F3N3/c1-3-5-16-6-4-15-9(16)7-8(14-2)10(11,12)13/h4,6,8,14H,3,5,7H2,1-2H3. The van der Waals surface area contributed by atoms with Gasteiger partial charge in [0.2, 0.25) is 0 Å². The number of aromatic nitrogens is 2. The lowest BCUT2D eigenvalue weighted by Gasteiger charge is -2.19. The lowest BCUT2D eigenvalue weighted by atomic mass is 10.2. The molecule has 0 aliphatic heterocycles. The Labute approximate surface area is 92.7 Å². The molecule has 0 aliphatic rings. The third-order valence-corrected chi connectivity index (χ3v) is 2.40. The number of nitrogens with zero attached hydrogens (tertiary/aromatic N) is 2. The molecule has 6 heteroatoms. The van der Waals surface area contributed by atoms with E-state index in [1.54, 1.807) is 10.8 Å². The van der Waals surface area contributed by atoms with Crippen LogP contribution in [0, 0.1) is 0 Å². The van der Waals surface area contributed by atoms with Crippen LogP contribution in [0.15, 0.2) is 12.4 Å². The summed E-state index contributed by atoms with van der Waals surface area (Å²) in [6.45, 7) is 2.67. The Balaban J connectivity index is 2.74. The van der Waals surface area contributed by atoms with E-state index in [9.17, 15) is 13.2 Å². The number of imidazole rings is 1. The maximum Gasteiger partial charge on any atom is 0.404 e. The first-order chi connectivity index (χ1) is 7.49. The van der Waals surface area contributed by atoms with Gasteiger partial charge in [0.15, 0.2) is 0 Å². The quantitative estimate of drug-likeness (QED) is 0.845. The fraction of sp³-hybridized carbons (Fsp3) is 0.700. The highest BCUT2D eigenvalue weighted by atomic mass is 19.4. The second-order valence-corrected chi connectivity index (χ2v) is 3.62. The molecule has 1 atom stereocenters. The van der Waals surface area contributed by atoms with E-state index in [-0.39, 0.29) is 6.42 Å². The van der Waals surface area contributed by atoms with Gasteiger partial charge in [-0.15, -0.1) is 0 Å². The van der Waals surface area contributed by atoms with E-state index in [1.165, 1.54) is 13.2 Å². The third kappa shape index (κ3) is 3.23. The highest BCUT2D eigenvalue weighted by Crippen LogP contribution is 2.22. The van der Waals surface area contributed by atoms with E-state index >= 15 is 0 Å². The van der Waals surface area contributed by atoms with Gasteiger partial charge < -0.3 is 9.88 Å². The van der Waals surface area contributed by atoms with Crippen LogP contribution in [0.4, 0.5) is 13.2 Å². The fourth-order valence-electron chi connectivity index (χ4n) is 1.54. The minimum absolute atomic E-state index is 0.132. The predicted molar refractivity (Wildman–Crippen MR) is 55.1 cm³/mol. The summed E-state index contributed by atoms with van der Waals surface area (Å²) in [6.07, 6.45) is -0.250. The van der Waals surface area contributed by atoms with Crippen molar-refractivity contribution in [1.82, 2.24) is 14.9 Å². The van der Waals surface area contributed by atoms with Gasteiger partial charge in [-0.05, 0) is 13.5 Å². The van der Waals surface area contributed by atoms with E-state index in [0.29, 0.717) is 12.4 Å². The van der Waals surface area contributed by atoms with Crippen molar-refractivity contribution < 1.29 is 13.2 Å². The van der Waals surface area contributed by atoms with E-state index in [0.717, 1.165) is 6.42 Å². The second kappa shape index (κ2) is 5.34. The number of rotatable bonds is 5. The maximum atomic E-state index is 12.5. The lowest BCUT2D eigenvalue weighted by Crippen LogP contribution is -2.42. The summed E-state index contributed by atoms with van der Waals surface area (Å²) in [7, 11) is 1.31. The molecule has 16 heavy (non-hydrogen) atoms. The van der Waals surface area contributed by atoms with Crippen molar-refractivity contribution in [2.45, 2.75) is 38.5 Å². The molecule has 1 unspecified atom stereocenters. The van der Waals surface area contributed by atoms with Gasteiger partial charge in [0.25, 0.3) is 0 Å². The van der Waals surface area contributed by atoms with Crippen molar-refractivity contribution in [1.29, 1.82) is 0 Å². The van der Waals surface area contributed by atoms with Gasteiger partial charge in [-0.1, -0.05) is 6.92 Å². The Kier molecular flexibility index (Phi) is 4.35. The minimum Gasteiger partial charge on any atom is -0.335 e. The van der Waals surface area contributed by atoms with Gasteiger partial charge in [0, 0.05) is 25.4 Å². The fourth-order valence-corrected chi connectivity index (χ4v) is 1.54. The molecular formula is C10H16F3N3. The predicted octanol–water partition coefficient (Wildman–Crippen LogP) is 1.99. The van der Waals surface area contributed by atoms with Gasteiger partial charge in [-0.3, -0.25) is 0 Å². The number of likely N-dealkylation sites (N-methyl/N-ethyl adjacent to an activating group) is 1. The van der Waals surface area contributed by atoms with Crippen LogP contribution in [-0.2, 0) is 13.0 Å². The zero-order valence-corrected chi connectivity index (χ0v) is 9.38. The van der Waals surface area contributed by atoms with E-state index in [4.69, 9.17) is 0 Å². The highest BCUT2D eigenvalue weighted by molar-refractivity contribution is 4.97. The Morgan fingerprint density at radius 1 is 1.50 bits per heavy atom. The average Bonchev–Trinajstić information content (AvgIpc) is 2.60.